The number of rotatable bonds is 52. The number of nitrogens with zero attached hydrogens (tertiary/aromatic N) is 4. The van der Waals surface area contributed by atoms with Crippen LogP contribution in [0, 0.1) is 0 Å². The molecule has 4 N–H and O–H groups in total. The maximum atomic E-state index is 12.8. The van der Waals surface area contributed by atoms with E-state index in [9.17, 15) is 39.6 Å². The van der Waals surface area contributed by atoms with E-state index in [0.29, 0.717) is 90.9 Å². The van der Waals surface area contributed by atoms with E-state index in [0.717, 1.165) is 180 Å². The Morgan fingerprint density at radius 3 is 0.709 bits per heavy atom. The molecule has 0 bridgehead atoms. The first-order valence-electron chi connectivity index (χ1n) is 34.7. The second-order valence-corrected chi connectivity index (χ2v) is 24.0. The zero-order valence-electron chi connectivity index (χ0n) is 55.1. The molecule has 16 heteroatoms. The number of β-amino-alcohol motifs (C(OH)–C–C–N with tert-alkyl or cyclic N) is 4. The molecule has 4 unspecified atom stereocenters. The van der Waals surface area contributed by atoms with E-state index in [2.05, 4.69) is 95.9 Å². The van der Waals surface area contributed by atoms with Crippen LogP contribution in [0.15, 0.2) is 48.6 Å². The van der Waals surface area contributed by atoms with E-state index >= 15 is 0 Å². The van der Waals surface area contributed by atoms with Crippen molar-refractivity contribution in [2.75, 3.05) is 105 Å². The van der Waals surface area contributed by atoms with Gasteiger partial charge < -0.3 is 39.4 Å². The predicted octanol–water partition coefficient (Wildman–Crippen LogP) is 12.4. The fraction of sp³-hybridized carbons (Fsp3) is 0.829. The third-order valence-electron chi connectivity index (χ3n) is 15.6. The smallest absolute Gasteiger partial charge is 0.305 e. The van der Waals surface area contributed by atoms with Gasteiger partial charge in [-0.2, -0.15) is 0 Å². The molecular formula is C70H128N4O12. The number of carbonyl (C=O) groups excluding carboxylic acids is 4. The summed E-state index contributed by atoms with van der Waals surface area (Å²) in [7, 11) is 0. The van der Waals surface area contributed by atoms with Gasteiger partial charge in [0.2, 0.25) is 0 Å². The molecule has 1 heterocycles. The average molecular weight is 1220 g/mol. The maximum absolute atomic E-state index is 12.8. The van der Waals surface area contributed by atoms with Gasteiger partial charge >= 0.3 is 23.9 Å². The molecule has 0 aromatic carbocycles. The third kappa shape index (κ3) is 52.5. The summed E-state index contributed by atoms with van der Waals surface area (Å²) >= 11 is 0. The van der Waals surface area contributed by atoms with E-state index in [1.165, 1.54) is 0 Å². The van der Waals surface area contributed by atoms with Gasteiger partial charge in [-0.05, 0) is 142 Å². The van der Waals surface area contributed by atoms with Gasteiger partial charge in [-0.3, -0.25) is 38.8 Å². The van der Waals surface area contributed by atoms with Crippen LogP contribution in [0.25, 0.3) is 0 Å². The lowest BCUT2D eigenvalue weighted by Crippen LogP contribution is -2.47. The van der Waals surface area contributed by atoms with Gasteiger partial charge in [0, 0.05) is 78.0 Å². The van der Waals surface area contributed by atoms with Gasteiger partial charge in [0.15, 0.2) is 0 Å². The summed E-state index contributed by atoms with van der Waals surface area (Å²) in [6.07, 6.45) is 45.4. The summed E-state index contributed by atoms with van der Waals surface area (Å²) in [5, 5.41) is 45.3. The number of ether oxygens (including phenoxy) is 4. The van der Waals surface area contributed by atoms with Crippen LogP contribution in [-0.4, -0.2) is 193 Å². The topological polar surface area (TPSA) is 199 Å². The Hall–Kier alpha value is -3.48. The van der Waals surface area contributed by atoms with Gasteiger partial charge in [-0.1, -0.05) is 153 Å². The molecule has 1 saturated heterocycles. The van der Waals surface area contributed by atoms with Gasteiger partial charge in [-0.25, -0.2) is 0 Å². The molecule has 16 nitrogen and oxygen atoms in total. The van der Waals surface area contributed by atoms with Crippen LogP contribution in [0.3, 0.4) is 0 Å². The van der Waals surface area contributed by atoms with E-state index < -0.39 is 24.4 Å². The van der Waals surface area contributed by atoms with Crippen molar-refractivity contribution >= 4 is 23.9 Å². The zero-order chi connectivity index (χ0) is 62.8. The van der Waals surface area contributed by atoms with Crippen LogP contribution in [0.2, 0.25) is 0 Å². The summed E-state index contributed by atoms with van der Waals surface area (Å²) in [4.78, 5) is 59.7. The molecule has 0 aromatic heterocycles. The summed E-state index contributed by atoms with van der Waals surface area (Å²) < 4.78 is 22.3. The minimum atomic E-state index is -0.928. The summed E-state index contributed by atoms with van der Waals surface area (Å²) in [6, 6.07) is 0. The van der Waals surface area contributed by atoms with Gasteiger partial charge in [-0.15, -0.1) is 0 Å². The summed E-state index contributed by atoms with van der Waals surface area (Å²) in [5.41, 5.74) is 0. The van der Waals surface area contributed by atoms with Crippen molar-refractivity contribution in [1.29, 1.82) is 0 Å². The minimum Gasteiger partial charge on any atom is -0.463 e. The highest BCUT2D eigenvalue weighted by Gasteiger charge is 2.23. The van der Waals surface area contributed by atoms with Crippen LogP contribution in [0.1, 0.15) is 246 Å². The quantitative estimate of drug-likeness (QED) is 0.0194. The Balaban J connectivity index is 3.13. The summed E-state index contributed by atoms with van der Waals surface area (Å²) in [6.45, 7) is 13.5. The molecule has 1 aliphatic heterocycles. The fourth-order valence-electron chi connectivity index (χ4n) is 10.6. The highest BCUT2D eigenvalue weighted by molar-refractivity contribution is 5.70. The van der Waals surface area contributed by atoms with Crippen molar-refractivity contribution in [3.05, 3.63) is 48.6 Å². The van der Waals surface area contributed by atoms with Crippen molar-refractivity contribution in [3.63, 3.8) is 0 Å². The third-order valence-corrected chi connectivity index (χ3v) is 15.6. The first kappa shape index (κ1) is 80.5. The standard InChI is InChI=1S/C70H128N4O12/c1-5-9-13-17-21-25-29-33-37-43-67(79)83-59-63(75)55-71-47-41-48-73(57-65(77)61-85-69(81)45-39-35-31-27-23-19-15-11-7-3)53-54-74(58-66(78)62-86-70(82)46-40-36-32-28-24-20-16-12-8-4)50-42-49-72(52-51-71)56-64(76)60-84-68(80)44-38-34-30-26-22-18-14-10-6-2/h9-16,63-66,75-78H,5-8,17-62H2,1-4H3/b13-9-,14-10-,15-11-,16-12-. The number of unbranched alkanes of at least 4 members (excludes halogenated alkanes) is 20. The van der Waals surface area contributed by atoms with Crippen LogP contribution in [0.5, 0.6) is 0 Å². The molecule has 0 radical (unpaired) electrons. The Bertz CT molecular complexity index is 1490. The monoisotopic (exact) mass is 1220 g/mol. The molecular weight excluding hydrogens is 1090 g/mol. The normalized spacial score (nSPS) is 16.5. The van der Waals surface area contributed by atoms with E-state index in [4.69, 9.17) is 18.9 Å². The molecule has 86 heavy (non-hydrogen) atoms. The lowest BCUT2D eigenvalue weighted by molar-refractivity contribution is -0.148. The molecule has 0 saturated carbocycles. The highest BCUT2D eigenvalue weighted by atomic mass is 16.6. The van der Waals surface area contributed by atoms with Crippen LogP contribution in [-0.2, 0) is 38.1 Å². The van der Waals surface area contributed by atoms with Crippen molar-refractivity contribution in [3.8, 4) is 0 Å². The lowest BCUT2D eigenvalue weighted by atomic mass is 10.1. The zero-order valence-corrected chi connectivity index (χ0v) is 55.1. The minimum absolute atomic E-state index is 0.115. The molecule has 4 atom stereocenters. The predicted molar refractivity (Wildman–Crippen MR) is 350 cm³/mol. The van der Waals surface area contributed by atoms with Crippen molar-refractivity contribution < 1.29 is 58.6 Å². The van der Waals surface area contributed by atoms with Crippen LogP contribution in [0.4, 0.5) is 0 Å². The number of aliphatic hydroxyl groups excluding tert-OH is 4. The van der Waals surface area contributed by atoms with Crippen molar-refractivity contribution in [2.24, 2.45) is 0 Å². The molecule has 0 spiro atoms. The molecule has 0 amide bonds. The van der Waals surface area contributed by atoms with Crippen molar-refractivity contribution in [1.82, 2.24) is 19.6 Å². The van der Waals surface area contributed by atoms with E-state index in [1.807, 2.05) is 0 Å². The van der Waals surface area contributed by atoms with Crippen LogP contribution < -0.4 is 0 Å². The molecule has 1 aliphatic rings. The molecule has 1 rings (SSSR count). The Morgan fingerprint density at radius 1 is 0.302 bits per heavy atom. The largest absolute Gasteiger partial charge is 0.463 e. The number of aliphatic hydroxyl groups is 4. The van der Waals surface area contributed by atoms with Crippen LogP contribution >= 0.6 is 0 Å². The fourth-order valence-corrected chi connectivity index (χ4v) is 10.6. The first-order chi connectivity index (χ1) is 41.9. The molecule has 1 fully saturated rings. The molecule has 0 aromatic rings. The number of esters is 4. The molecule has 500 valence electrons. The van der Waals surface area contributed by atoms with Gasteiger partial charge in [0.1, 0.15) is 50.8 Å². The highest BCUT2D eigenvalue weighted by Crippen LogP contribution is 2.14. The number of allylic oxidation sites excluding steroid dienone is 8. The molecule has 0 aliphatic carbocycles. The average Bonchev–Trinajstić information content (AvgIpc) is 3.67. The van der Waals surface area contributed by atoms with Gasteiger partial charge in [0.05, 0.1) is 0 Å². The number of hydrogen-bond donors (Lipinski definition) is 4. The lowest BCUT2D eigenvalue weighted by Gasteiger charge is -2.34. The SMILES string of the molecule is CC/C=C\CCCCCCCC(=O)OCC(O)CN1CCCN(CC(O)COC(=O)CCCCCCC/C=C\CC)CCN(CC(O)COC(=O)CCCCCCC/C=C\CC)CCCN(CC(O)COC(=O)CCCCCCC/C=C\CC)CC1. The Kier molecular flexibility index (Phi) is 55.4. The Morgan fingerprint density at radius 2 is 0.500 bits per heavy atom. The van der Waals surface area contributed by atoms with Gasteiger partial charge in [0.25, 0.3) is 0 Å². The Labute approximate surface area is 523 Å². The number of carbonyl (C=O) groups is 4. The van der Waals surface area contributed by atoms with E-state index in [-0.39, 0.29) is 76.5 Å². The maximum Gasteiger partial charge on any atom is 0.305 e. The summed E-state index contributed by atoms with van der Waals surface area (Å²) in [5.74, 6) is -1.24. The second-order valence-electron chi connectivity index (χ2n) is 24.0. The van der Waals surface area contributed by atoms with Crippen molar-refractivity contribution in [2.45, 2.75) is 270 Å². The van der Waals surface area contributed by atoms with E-state index in [1.54, 1.807) is 0 Å². The first-order valence-corrected chi connectivity index (χ1v) is 34.7. The second kappa shape index (κ2) is 59.2. The number of hydrogen-bond acceptors (Lipinski definition) is 16.